The number of hydrogen-bond acceptors (Lipinski definition) is 2. The van der Waals surface area contributed by atoms with Crippen LogP contribution < -0.4 is 5.32 Å². The lowest BCUT2D eigenvalue weighted by atomic mass is 9.80. The maximum absolute atomic E-state index is 3.48. The van der Waals surface area contributed by atoms with E-state index in [1.165, 1.54) is 43.6 Å². The van der Waals surface area contributed by atoms with Crippen molar-refractivity contribution in [1.82, 2.24) is 10.2 Å². The van der Waals surface area contributed by atoms with Gasteiger partial charge in [0.05, 0.1) is 0 Å². The molecule has 2 rings (SSSR count). The Hall–Kier alpha value is -0.860. The lowest BCUT2D eigenvalue weighted by Gasteiger charge is -2.27. The van der Waals surface area contributed by atoms with Crippen molar-refractivity contribution < 1.29 is 0 Å². The normalized spacial score (nSPS) is 21.7. The van der Waals surface area contributed by atoms with E-state index >= 15 is 0 Å². The second-order valence-electron chi connectivity index (χ2n) is 7.69. The van der Waals surface area contributed by atoms with Gasteiger partial charge in [-0.3, -0.25) is 0 Å². The number of aryl methyl sites for hydroxylation is 1. The highest BCUT2D eigenvalue weighted by molar-refractivity contribution is 5.24. The molecule has 118 valence electrons. The number of nitrogens with zero attached hydrogens (tertiary/aromatic N) is 1. The summed E-state index contributed by atoms with van der Waals surface area (Å²) in [4.78, 5) is 2.65. The van der Waals surface area contributed by atoms with E-state index in [1.807, 2.05) is 0 Å². The van der Waals surface area contributed by atoms with Crippen LogP contribution in [0.3, 0.4) is 0 Å². The van der Waals surface area contributed by atoms with E-state index in [-0.39, 0.29) is 0 Å². The third-order valence-electron chi connectivity index (χ3n) is 5.06. The van der Waals surface area contributed by atoms with Gasteiger partial charge in [-0.15, -0.1) is 0 Å². The van der Waals surface area contributed by atoms with Crippen LogP contribution in [0.15, 0.2) is 24.3 Å². The predicted octanol–water partition coefficient (Wildman–Crippen LogP) is 4.01. The molecule has 2 heteroatoms. The Morgan fingerprint density at radius 2 is 1.90 bits per heavy atom. The minimum absolute atomic E-state index is 0.452. The SMILES string of the molecule is CNC(CCN1CCC(C(C)(C)C)C1)c1ccc(C)cc1. The highest BCUT2D eigenvalue weighted by Gasteiger charge is 2.31. The maximum Gasteiger partial charge on any atom is 0.0329 e. The first-order valence-corrected chi connectivity index (χ1v) is 8.36. The number of hydrogen-bond donors (Lipinski definition) is 1. The second kappa shape index (κ2) is 6.93. The van der Waals surface area contributed by atoms with Crippen molar-refractivity contribution in [3.05, 3.63) is 35.4 Å². The van der Waals surface area contributed by atoms with E-state index in [0.717, 1.165) is 5.92 Å². The van der Waals surface area contributed by atoms with Crippen LogP contribution in [0.5, 0.6) is 0 Å². The summed E-state index contributed by atoms with van der Waals surface area (Å²) in [6.07, 6.45) is 2.55. The van der Waals surface area contributed by atoms with Crippen LogP contribution in [-0.4, -0.2) is 31.6 Å². The second-order valence-corrected chi connectivity index (χ2v) is 7.69. The first-order chi connectivity index (χ1) is 9.90. The van der Waals surface area contributed by atoms with Crippen LogP contribution in [0.1, 0.15) is 50.8 Å². The van der Waals surface area contributed by atoms with E-state index in [4.69, 9.17) is 0 Å². The summed E-state index contributed by atoms with van der Waals surface area (Å²) in [7, 11) is 2.08. The molecular weight excluding hydrogens is 256 g/mol. The largest absolute Gasteiger partial charge is 0.313 e. The van der Waals surface area contributed by atoms with Gasteiger partial charge in [-0.2, -0.15) is 0 Å². The molecule has 0 amide bonds. The van der Waals surface area contributed by atoms with Crippen molar-refractivity contribution in [2.75, 3.05) is 26.7 Å². The first kappa shape index (κ1) is 16.5. The van der Waals surface area contributed by atoms with Crippen LogP contribution in [0, 0.1) is 18.3 Å². The van der Waals surface area contributed by atoms with Gasteiger partial charge in [0.15, 0.2) is 0 Å². The van der Waals surface area contributed by atoms with Gasteiger partial charge in [-0.25, -0.2) is 0 Å². The van der Waals surface area contributed by atoms with E-state index in [0.29, 0.717) is 11.5 Å². The van der Waals surface area contributed by atoms with Gasteiger partial charge in [0.25, 0.3) is 0 Å². The van der Waals surface area contributed by atoms with Crippen molar-refractivity contribution in [2.45, 2.75) is 46.6 Å². The Labute approximate surface area is 130 Å². The fraction of sp³-hybridized carbons (Fsp3) is 0.684. The van der Waals surface area contributed by atoms with Crippen LogP contribution in [-0.2, 0) is 0 Å². The zero-order chi connectivity index (χ0) is 15.5. The van der Waals surface area contributed by atoms with E-state index in [2.05, 4.69) is 69.2 Å². The van der Waals surface area contributed by atoms with Gasteiger partial charge in [-0.05, 0) is 56.8 Å². The van der Waals surface area contributed by atoms with Gasteiger partial charge in [-0.1, -0.05) is 50.6 Å². The molecule has 1 fully saturated rings. The molecule has 0 aromatic heterocycles. The van der Waals surface area contributed by atoms with Crippen LogP contribution >= 0.6 is 0 Å². The zero-order valence-corrected chi connectivity index (χ0v) is 14.4. The molecule has 1 heterocycles. The highest BCUT2D eigenvalue weighted by atomic mass is 15.1. The molecule has 21 heavy (non-hydrogen) atoms. The number of likely N-dealkylation sites (tertiary alicyclic amines) is 1. The fourth-order valence-electron chi connectivity index (χ4n) is 3.33. The van der Waals surface area contributed by atoms with Crippen molar-refractivity contribution in [2.24, 2.45) is 11.3 Å². The predicted molar refractivity (Wildman–Crippen MR) is 91.6 cm³/mol. The van der Waals surface area contributed by atoms with Crippen molar-refractivity contribution >= 4 is 0 Å². The smallest absolute Gasteiger partial charge is 0.0329 e. The lowest BCUT2D eigenvalue weighted by molar-refractivity contribution is 0.225. The van der Waals surface area contributed by atoms with Crippen molar-refractivity contribution in [1.29, 1.82) is 0 Å². The van der Waals surface area contributed by atoms with E-state index in [1.54, 1.807) is 0 Å². The molecule has 1 aromatic rings. The van der Waals surface area contributed by atoms with Gasteiger partial charge < -0.3 is 10.2 Å². The van der Waals surface area contributed by atoms with Gasteiger partial charge in [0, 0.05) is 12.6 Å². The first-order valence-electron chi connectivity index (χ1n) is 8.36. The zero-order valence-electron chi connectivity index (χ0n) is 14.4. The molecule has 2 nitrogen and oxygen atoms in total. The molecule has 1 aromatic carbocycles. The minimum atomic E-state index is 0.452. The summed E-state index contributed by atoms with van der Waals surface area (Å²) in [6, 6.07) is 9.42. The number of rotatable bonds is 5. The maximum atomic E-state index is 3.48. The van der Waals surface area contributed by atoms with E-state index in [9.17, 15) is 0 Å². The average molecular weight is 288 g/mol. The van der Waals surface area contributed by atoms with Gasteiger partial charge in [0.1, 0.15) is 0 Å². The quantitative estimate of drug-likeness (QED) is 0.880. The van der Waals surface area contributed by atoms with Crippen molar-refractivity contribution in [3.63, 3.8) is 0 Å². The molecule has 1 N–H and O–H groups in total. The summed E-state index contributed by atoms with van der Waals surface area (Å²) < 4.78 is 0. The Bertz CT molecular complexity index is 430. The molecular formula is C19H32N2. The molecule has 1 aliphatic heterocycles. The summed E-state index contributed by atoms with van der Waals surface area (Å²) in [5.41, 5.74) is 3.20. The summed E-state index contributed by atoms with van der Waals surface area (Å²) in [5.74, 6) is 0.852. The molecule has 0 spiro atoms. The standard InChI is InChI=1S/C19H32N2/c1-15-6-8-16(9-7-15)18(20-5)11-13-21-12-10-17(14-21)19(2,3)4/h6-9,17-18,20H,10-14H2,1-5H3. The Kier molecular flexibility index (Phi) is 5.45. The topological polar surface area (TPSA) is 15.3 Å². The lowest BCUT2D eigenvalue weighted by Crippen LogP contribution is -2.29. The Balaban J connectivity index is 1.85. The fourth-order valence-corrected chi connectivity index (χ4v) is 3.33. The van der Waals surface area contributed by atoms with E-state index < -0.39 is 0 Å². The monoisotopic (exact) mass is 288 g/mol. The third kappa shape index (κ3) is 4.55. The van der Waals surface area contributed by atoms with Crippen molar-refractivity contribution in [3.8, 4) is 0 Å². The molecule has 2 unspecified atom stereocenters. The summed E-state index contributed by atoms with van der Waals surface area (Å²) >= 11 is 0. The molecule has 1 aliphatic rings. The summed E-state index contributed by atoms with van der Waals surface area (Å²) in [5, 5.41) is 3.48. The van der Waals surface area contributed by atoms with Crippen LogP contribution in [0.4, 0.5) is 0 Å². The number of benzene rings is 1. The molecule has 2 atom stereocenters. The molecule has 0 saturated carbocycles. The molecule has 1 saturated heterocycles. The van der Waals surface area contributed by atoms with Crippen LogP contribution in [0.2, 0.25) is 0 Å². The highest BCUT2D eigenvalue weighted by Crippen LogP contribution is 2.33. The Morgan fingerprint density at radius 1 is 1.24 bits per heavy atom. The van der Waals surface area contributed by atoms with Gasteiger partial charge in [0.2, 0.25) is 0 Å². The van der Waals surface area contributed by atoms with Gasteiger partial charge >= 0.3 is 0 Å². The number of nitrogens with one attached hydrogen (secondary N) is 1. The minimum Gasteiger partial charge on any atom is -0.313 e. The molecule has 0 bridgehead atoms. The summed E-state index contributed by atoms with van der Waals surface area (Å²) in [6.45, 7) is 13.0. The molecule has 0 aliphatic carbocycles. The average Bonchev–Trinajstić information content (AvgIpc) is 2.90. The third-order valence-corrected chi connectivity index (χ3v) is 5.06. The molecule has 0 radical (unpaired) electrons. The van der Waals surface area contributed by atoms with Crippen LogP contribution in [0.25, 0.3) is 0 Å². The Morgan fingerprint density at radius 3 is 2.43 bits per heavy atom.